The van der Waals surface area contributed by atoms with Gasteiger partial charge in [-0.1, -0.05) is 24.3 Å². The SMILES string of the molecule is CNCC=Cc1cccc(N=C=S)c1. The highest BCUT2D eigenvalue weighted by molar-refractivity contribution is 7.78. The summed E-state index contributed by atoms with van der Waals surface area (Å²) >= 11 is 4.54. The molecule has 0 aliphatic rings. The fourth-order valence-electron chi connectivity index (χ4n) is 1.06. The first-order chi connectivity index (χ1) is 6.86. The van der Waals surface area contributed by atoms with Crippen LogP contribution in [0.3, 0.4) is 0 Å². The molecule has 1 N–H and O–H groups in total. The van der Waals surface area contributed by atoms with E-state index in [1.165, 1.54) is 0 Å². The highest BCUT2D eigenvalue weighted by Gasteiger charge is 1.89. The summed E-state index contributed by atoms with van der Waals surface area (Å²) in [5, 5.41) is 5.39. The van der Waals surface area contributed by atoms with Gasteiger partial charge in [-0.3, -0.25) is 0 Å². The van der Waals surface area contributed by atoms with Crippen LogP contribution in [0.25, 0.3) is 6.08 Å². The van der Waals surface area contributed by atoms with E-state index in [0.717, 1.165) is 17.8 Å². The Balaban J connectivity index is 2.77. The van der Waals surface area contributed by atoms with E-state index >= 15 is 0 Å². The van der Waals surface area contributed by atoms with Crippen molar-refractivity contribution in [1.29, 1.82) is 0 Å². The van der Waals surface area contributed by atoms with E-state index in [-0.39, 0.29) is 0 Å². The highest BCUT2D eigenvalue weighted by atomic mass is 32.1. The van der Waals surface area contributed by atoms with Crippen LogP contribution in [0.1, 0.15) is 5.56 Å². The van der Waals surface area contributed by atoms with Crippen LogP contribution in [0.15, 0.2) is 35.3 Å². The summed E-state index contributed by atoms with van der Waals surface area (Å²) in [6.07, 6.45) is 4.10. The van der Waals surface area contributed by atoms with Crippen LogP contribution in [0.5, 0.6) is 0 Å². The van der Waals surface area contributed by atoms with Crippen molar-refractivity contribution in [1.82, 2.24) is 5.32 Å². The molecule has 0 radical (unpaired) electrons. The maximum absolute atomic E-state index is 4.54. The molecule has 0 bridgehead atoms. The second kappa shape index (κ2) is 6.22. The fraction of sp³-hybridized carbons (Fsp3) is 0.182. The molecule has 0 unspecified atom stereocenters. The Bertz CT molecular complexity index is 365. The van der Waals surface area contributed by atoms with Crippen molar-refractivity contribution in [2.75, 3.05) is 13.6 Å². The van der Waals surface area contributed by atoms with Gasteiger partial charge >= 0.3 is 0 Å². The maximum Gasteiger partial charge on any atom is 0.0745 e. The van der Waals surface area contributed by atoms with E-state index in [2.05, 4.69) is 33.8 Å². The van der Waals surface area contributed by atoms with Gasteiger partial charge in [0.05, 0.1) is 10.8 Å². The Hall–Kier alpha value is -1.28. The van der Waals surface area contributed by atoms with Gasteiger partial charge in [0.2, 0.25) is 0 Å². The van der Waals surface area contributed by atoms with Crippen LogP contribution in [-0.2, 0) is 0 Å². The molecule has 0 spiro atoms. The quantitative estimate of drug-likeness (QED) is 0.602. The number of thiocarbonyl (C=S) groups is 1. The predicted octanol–water partition coefficient (Wildman–Crippen LogP) is 2.65. The molecule has 0 aliphatic carbocycles. The number of aliphatic imine (C=N–C) groups is 1. The molecule has 0 heterocycles. The molecule has 1 aromatic rings. The van der Waals surface area contributed by atoms with Crippen LogP contribution >= 0.6 is 12.2 Å². The first-order valence-electron chi connectivity index (χ1n) is 4.36. The second-order valence-corrected chi connectivity index (χ2v) is 2.94. The highest BCUT2D eigenvalue weighted by Crippen LogP contribution is 2.14. The molecule has 0 fully saturated rings. The molecule has 0 saturated heterocycles. The minimum atomic E-state index is 0.839. The van der Waals surface area contributed by atoms with Crippen LogP contribution in [0.4, 0.5) is 5.69 Å². The topological polar surface area (TPSA) is 24.4 Å². The summed E-state index contributed by atoms with van der Waals surface area (Å²) < 4.78 is 0. The molecule has 0 saturated carbocycles. The van der Waals surface area contributed by atoms with Gasteiger partial charge in [-0.2, -0.15) is 4.99 Å². The number of benzene rings is 1. The fourth-order valence-corrected chi connectivity index (χ4v) is 1.17. The van der Waals surface area contributed by atoms with E-state index in [1.807, 2.05) is 37.4 Å². The number of hydrogen-bond acceptors (Lipinski definition) is 3. The molecule has 1 rings (SSSR count). The van der Waals surface area contributed by atoms with E-state index in [1.54, 1.807) is 0 Å². The molecule has 0 amide bonds. The third-order valence-electron chi connectivity index (χ3n) is 1.68. The van der Waals surface area contributed by atoms with Crippen LogP contribution in [-0.4, -0.2) is 18.8 Å². The maximum atomic E-state index is 4.54. The van der Waals surface area contributed by atoms with E-state index < -0.39 is 0 Å². The molecule has 0 aromatic heterocycles. The van der Waals surface area contributed by atoms with Crippen molar-refractivity contribution in [3.63, 3.8) is 0 Å². The summed E-state index contributed by atoms with van der Waals surface area (Å²) in [6, 6.07) is 7.83. The van der Waals surface area contributed by atoms with Gasteiger partial charge in [0, 0.05) is 6.54 Å². The lowest BCUT2D eigenvalue weighted by atomic mass is 10.2. The van der Waals surface area contributed by atoms with Gasteiger partial charge in [0.15, 0.2) is 0 Å². The average Bonchev–Trinajstić information content (AvgIpc) is 2.19. The Morgan fingerprint density at radius 2 is 2.43 bits per heavy atom. The van der Waals surface area contributed by atoms with Crippen LogP contribution in [0, 0.1) is 0 Å². The van der Waals surface area contributed by atoms with Crippen LogP contribution < -0.4 is 5.32 Å². The van der Waals surface area contributed by atoms with Gasteiger partial charge in [-0.05, 0) is 37.0 Å². The lowest BCUT2D eigenvalue weighted by Gasteiger charge is -1.94. The molecule has 72 valence electrons. The molecule has 3 heteroatoms. The normalized spacial score (nSPS) is 10.1. The Morgan fingerprint density at radius 1 is 1.57 bits per heavy atom. The molecule has 2 nitrogen and oxygen atoms in total. The van der Waals surface area contributed by atoms with Crippen molar-refractivity contribution in [2.45, 2.75) is 0 Å². The number of isothiocyanates is 1. The number of nitrogens with one attached hydrogen (secondary N) is 1. The minimum Gasteiger partial charge on any atom is -0.316 e. The van der Waals surface area contributed by atoms with Crippen molar-refractivity contribution < 1.29 is 0 Å². The van der Waals surface area contributed by atoms with Crippen molar-refractivity contribution in [3.05, 3.63) is 35.9 Å². The summed E-state index contributed by atoms with van der Waals surface area (Å²) in [4.78, 5) is 3.91. The van der Waals surface area contributed by atoms with E-state index in [4.69, 9.17) is 0 Å². The monoisotopic (exact) mass is 204 g/mol. The molecule has 1 aromatic carbocycles. The predicted molar refractivity (Wildman–Crippen MR) is 64.1 cm³/mol. The minimum absolute atomic E-state index is 0.839. The van der Waals surface area contributed by atoms with E-state index in [9.17, 15) is 0 Å². The van der Waals surface area contributed by atoms with Crippen LogP contribution in [0.2, 0.25) is 0 Å². The van der Waals surface area contributed by atoms with Crippen molar-refractivity contribution in [3.8, 4) is 0 Å². The van der Waals surface area contributed by atoms with Gasteiger partial charge in [-0.25, -0.2) is 0 Å². The van der Waals surface area contributed by atoms with Crippen molar-refractivity contribution >= 4 is 29.1 Å². The summed E-state index contributed by atoms with van der Waals surface area (Å²) in [6.45, 7) is 0.862. The lowest BCUT2D eigenvalue weighted by molar-refractivity contribution is 0.922. The average molecular weight is 204 g/mol. The molecule has 0 aliphatic heterocycles. The molecular weight excluding hydrogens is 192 g/mol. The zero-order valence-electron chi connectivity index (χ0n) is 8.03. The largest absolute Gasteiger partial charge is 0.316 e. The zero-order valence-corrected chi connectivity index (χ0v) is 8.84. The third-order valence-corrected chi connectivity index (χ3v) is 1.77. The van der Waals surface area contributed by atoms with Crippen molar-refractivity contribution in [2.24, 2.45) is 4.99 Å². The molecule has 14 heavy (non-hydrogen) atoms. The molecule has 0 atom stereocenters. The zero-order chi connectivity index (χ0) is 10.2. The second-order valence-electron chi connectivity index (χ2n) is 2.76. The summed E-state index contributed by atoms with van der Waals surface area (Å²) in [7, 11) is 1.91. The van der Waals surface area contributed by atoms with E-state index in [0.29, 0.717) is 0 Å². The Morgan fingerprint density at radius 3 is 3.14 bits per heavy atom. The number of hydrogen-bond donors (Lipinski definition) is 1. The first-order valence-corrected chi connectivity index (χ1v) is 4.76. The van der Waals surface area contributed by atoms with Gasteiger partial charge in [-0.15, -0.1) is 0 Å². The number of nitrogens with zero attached hydrogens (tertiary/aromatic N) is 1. The summed E-state index contributed by atoms with van der Waals surface area (Å²) in [5.41, 5.74) is 1.96. The third kappa shape index (κ3) is 3.62. The Labute approximate surface area is 89.4 Å². The first kappa shape index (κ1) is 10.8. The van der Waals surface area contributed by atoms with Gasteiger partial charge in [0.25, 0.3) is 0 Å². The number of likely N-dealkylation sites (N-methyl/N-ethyl adjacent to an activating group) is 1. The molecular formula is C11H12N2S. The smallest absolute Gasteiger partial charge is 0.0745 e. The number of rotatable bonds is 4. The standard InChI is InChI=1S/C11H12N2S/c1-12-7-3-5-10-4-2-6-11(8-10)13-9-14/h2-6,8,12H,7H2,1H3. The lowest BCUT2D eigenvalue weighted by Crippen LogP contribution is -2.03. The van der Waals surface area contributed by atoms with Gasteiger partial charge in [0.1, 0.15) is 0 Å². The Kier molecular flexibility index (Phi) is 4.79. The summed E-state index contributed by atoms with van der Waals surface area (Å²) in [5.74, 6) is 0. The van der Waals surface area contributed by atoms with Gasteiger partial charge < -0.3 is 5.32 Å².